The number of esters is 1. The number of carbonyl (C=O) groups is 4. The Kier molecular flexibility index (Phi) is 7.83. The normalized spacial score (nSPS) is 35.5. The van der Waals surface area contributed by atoms with Gasteiger partial charge >= 0.3 is 5.97 Å². The molecule has 0 aromatic heterocycles. The molecule has 0 radical (unpaired) electrons. The van der Waals surface area contributed by atoms with Gasteiger partial charge in [0.1, 0.15) is 0 Å². The molecular weight excluding hydrogens is 452 g/mol. The first-order valence-electron chi connectivity index (χ1n) is 13.1. The van der Waals surface area contributed by atoms with Crippen LogP contribution in [0.3, 0.4) is 0 Å². The maximum atomic E-state index is 13.5. The van der Waals surface area contributed by atoms with Gasteiger partial charge in [0.05, 0.1) is 13.0 Å². The molecule has 5 nitrogen and oxygen atoms in total. The van der Waals surface area contributed by atoms with E-state index in [-0.39, 0.29) is 51.4 Å². The van der Waals surface area contributed by atoms with Crippen LogP contribution < -0.4 is 0 Å². The summed E-state index contributed by atoms with van der Waals surface area (Å²) in [5.41, 5.74) is 1.99. The van der Waals surface area contributed by atoms with Gasteiger partial charge in [0.2, 0.25) is 0 Å². The predicted octanol–water partition coefficient (Wildman–Crippen LogP) is 6.14. The molecule has 0 aromatic carbocycles. The Balaban J connectivity index is 1.90. The van der Waals surface area contributed by atoms with Gasteiger partial charge in [0.15, 0.2) is 17.3 Å². The lowest BCUT2D eigenvalue weighted by atomic mass is 9.42. The second-order valence-corrected chi connectivity index (χ2v) is 12.2. The fourth-order valence-electron chi connectivity index (χ4n) is 7.98. The summed E-state index contributed by atoms with van der Waals surface area (Å²) in [6.07, 6.45) is 12.2. The lowest BCUT2D eigenvalue weighted by Crippen LogP contribution is -2.57. The SMILES string of the molecule is COC(=O)[C@H]1CC[C@@]2(C)C(CC[C@]3(C)/C(=C(C)/C=C/C=C(\C)C(=O)/C=C/C(C)=O)C(=O)C[C@@H]23)C1(C)C. The van der Waals surface area contributed by atoms with Crippen LogP contribution in [-0.2, 0) is 23.9 Å². The fraction of sp³-hybridized carbons (Fsp3) is 0.613. The maximum absolute atomic E-state index is 13.5. The average molecular weight is 495 g/mol. The molecule has 196 valence electrons. The summed E-state index contributed by atoms with van der Waals surface area (Å²) < 4.78 is 5.15. The average Bonchev–Trinajstić information content (AvgIpc) is 3.07. The maximum Gasteiger partial charge on any atom is 0.309 e. The first-order chi connectivity index (χ1) is 16.7. The molecule has 5 heteroatoms. The zero-order chi connectivity index (χ0) is 27.1. The zero-order valence-electron chi connectivity index (χ0n) is 23.2. The predicted molar refractivity (Wildman–Crippen MR) is 141 cm³/mol. The molecule has 0 aliphatic heterocycles. The summed E-state index contributed by atoms with van der Waals surface area (Å²) in [5, 5.41) is 0. The van der Waals surface area contributed by atoms with Crippen molar-refractivity contribution >= 4 is 23.3 Å². The van der Waals surface area contributed by atoms with E-state index in [0.717, 1.165) is 36.8 Å². The molecule has 0 spiro atoms. The lowest BCUT2D eigenvalue weighted by Gasteiger charge is -2.62. The smallest absolute Gasteiger partial charge is 0.309 e. The van der Waals surface area contributed by atoms with Crippen LogP contribution in [0.5, 0.6) is 0 Å². The Morgan fingerprint density at radius 2 is 1.58 bits per heavy atom. The van der Waals surface area contributed by atoms with Crippen LogP contribution in [0.15, 0.2) is 47.1 Å². The van der Waals surface area contributed by atoms with Gasteiger partial charge in [-0.15, -0.1) is 0 Å². The van der Waals surface area contributed by atoms with Gasteiger partial charge in [0.25, 0.3) is 0 Å². The standard InChI is InChI=1S/C31H42O5/c1-19(23(33)13-12-21(3)32)10-9-11-20(2)27-24(34)18-26-30(6)16-14-22(28(35)36-8)29(4,5)25(30)15-17-31(26,27)7/h9-13,22,25-26H,14-18H2,1-8H3/b11-9+,13-12+,19-10+,27-20+/t22-,25?,26+,30+,31+/m1/s1. The Morgan fingerprint density at radius 3 is 2.19 bits per heavy atom. The summed E-state index contributed by atoms with van der Waals surface area (Å²) in [5.74, 6) is 0.218. The van der Waals surface area contributed by atoms with Crippen molar-refractivity contribution in [3.63, 3.8) is 0 Å². The van der Waals surface area contributed by atoms with Crippen molar-refractivity contribution in [2.75, 3.05) is 7.11 Å². The van der Waals surface area contributed by atoms with E-state index >= 15 is 0 Å². The zero-order valence-corrected chi connectivity index (χ0v) is 23.2. The van der Waals surface area contributed by atoms with Crippen molar-refractivity contribution in [3.8, 4) is 0 Å². The van der Waals surface area contributed by atoms with E-state index in [1.165, 1.54) is 26.2 Å². The third-order valence-corrected chi connectivity index (χ3v) is 9.75. The van der Waals surface area contributed by atoms with Crippen LogP contribution in [0.1, 0.15) is 80.6 Å². The minimum atomic E-state index is -0.208. The number of hydrogen-bond acceptors (Lipinski definition) is 5. The lowest BCUT2D eigenvalue weighted by molar-refractivity contribution is -0.171. The van der Waals surface area contributed by atoms with Crippen LogP contribution in [0.4, 0.5) is 0 Å². The topological polar surface area (TPSA) is 77.5 Å². The van der Waals surface area contributed by atoms with Crippen molar-refractivity contribution in [3.05, 3.63) is 47.1 Å². The summed E-state index contributed by atoms with van der Waals surface area (Å²) in [4.78, 5) is 49.2. The highest BCUT2D eigenvalue weighted by Crippen LogP contribution is 2.70. The van der Waals surface area contributed by atoms with Crippen LogP contribution >= 0.6 is 0 Å². The Morgan fingerprint density at radius 1 is 0.917 bits per heavy atom. The number of rotatable bonds is 6. The van der Waals surface area contributed by atoms with E-state index in [2.05, 4.69) is 27.7 Å². The number of methoxy groups -OCH3 is 1. The molecule has 3 fully saturated rings. The number of ether oxygens (including phenoxy) is 1. The number of ketones is 3. The van der Waals surface area contributed by atoms with Crippen molar-refractivity contribution in [2.24, 2.45) is 34.0 Å². The first-order valence-corrected chi connectivity index (χ1v) is 13.1. The van der Waals surface area contributed by atoms with E-state index in [4.69, 9.17) is 4.74 Å². The molecule has 0 saturated heterocycles. The largest absolute Gasteiger partial charge is 0.469 e. The van der Waals surface area contributed by atoms with E-state index in [9.17, 15) is 19.2 Å². The van der Waals surface area contributed by atoms with E-state index in [1.807, 2.05) is 19.1 Å². The quantitative estimate of drug-likeness (QED) is 0.252. The highest BCUT2D eigenvalue weighted by atomic mass is 16.5. The fourth-order valence-corrected chi connectivity index (χ4v) is 7.98. The number of carbonyl (C=O) groups excluding carboxylic acids is 4. The van der Waals surface area contributed by atoms with Gasteiger partial charge in [-0.25, -0.2) is 0 Å². The molecule has 0 N–H and O–H groups in total. The van der Waals surface area contributed by atoms with Crippen molar-refractivity contribution in [2.45, 2.75) is 80.6 Å². The minimum absolute atomic E-state index is 0.0195. The van der Waals surface area contributed by atoms with E-state index in [1.54, 1.807) is 13.0 Å². The molecule has 5 atom stereocenters. The monoisotopic (exact) mass is 494 g/mol. The highest BCUT2D eigenvalue weighted by molar-refractivity contribution is 6.07. The summed E-state index contributed by atoms with van der Waals surface area (Å²) in [6.45, 7) is 14.1. The summed E-state index contributed by atoms with van der Waals surface area (Å²) in [6, 6.07) is 0. The van der Waals surface area contributed by atoms with E-state index in [0.29, 0.717) is 17.9 Å². The third-order valence-electron chi connectivity index (χ3n) is 9.75. The molecule has 36 heavy (non-hydrogen) atoms. The number of hydrogen-bond donors (Lipinski definition) is 0. The highest BCUT2D eigenvalue weighted by Gasteiger charge is 2.65. The first kappa shape index (κ1) is 28.0. The van der Waals surface area contributed by atoms with Crippen molar-refractivity contribution < 1.29 is 23.9 Å². The van der Waals surface area contributed by atoms with Gasteiger partial charge in [0, 0.05) is 17.4 Å². The molecule has 0 heterocycles. The van der Waals surface area contributed by atoms with Gasteiger partial charge in [-0.2, -0.15) is 0 Å². The molecular formula is C31H42O5. The second kappa shape index (κ2) is 10.1. The molecule has 0 amide bonds. The Labute approximate surface area is 216 Å². The number of fused-ring (bicyclic) bond motifs is 3. The van der Waals surface area contributed by atoms with Gasteiger partial charge < -0.3 is 4.74 Å². The van der Waals surface area contributed by atoms with Crippen LogP contribution in [-0.4, -0.2) is 30.4 Å². The van der Waals surface area contributed by atoms with Crippen molar-refractivity contribution in [1.29, 1.82) is 0 Å². The molecule has 3 rings (SSSR count). The molecule has 3 saturated carbocycles. The molecule has 3 aliphatic rings. The van der Waals surface area contributed by atoms with Crippen LogP contribution in [0.2, 0.25) is 0 Å². The third kappa shape index (κ3) is 4.73. The summed E-state index contributed by atoms with van der Waals surface area (Å²) in [7, 11) is 1.47. The Bertz CT molecular complexity index is 1080. The van der Waals surface area contributed by atoms with Crippen LogP contribution in [0.25, 0.3) is 0 Å². The molecule has 0 aromatic rings. The van der Waals surface area contributed by atoms with Crippen molar-refractivity contribution in [1.82, 2.24) is 0 Å². The molecule has 1 unspecified atom stereocenters. The van der Waals surface area contributed by atoms with Gasteiger partial charge in [-0.1, -0.05) is 45.9 Å². The van der Waals surface area contributed by atoms with E-state index < -0.39 is 0 Å². The summed E-state index contributed by atoms with van der Waals surface area (Å²) >= 11 is 0. The van der Waals surface area contributed by atoms with Gasteiger partial charge in [-0.3, -0.25) is 19.2 Å². The van der Waals surface area contributed by atoms with Crippen LogP contribution in [0, 0.1) is 34.0 Å². The second-order valence-electron chi connectivity index (χ2n) is 12.2. The number of Topliss-reactive ketones (excluding diaryl/α,β-unsaturated/α-hetero) is 1. The minimum Gasteiger partial charge on any atom is -0.469 e. The Hall–Kier alpha value is -2.56. The molecule has 3 aliphatic carbocycles. The van der Waals surface area contributed by atoms with Gasteiger partial charge in [-0.05, 0) is 92.4 Å². The number of allylic oxidation sites excluding steroid dienone is 8. The molecule has 0 bridgehead atoms.